The van der Waals surface area contributed by atoms with Crippen LogP contribution >= 0.6 is 0 Å². The predicted octanol–water partition coefficient (Wildman–Crippen LogP) is 1.51. The van der Waals surface area contributed by atoms with Crippen molar-refractivity contribution in [1.29, 1.82) is 0 Å². The van der Waals surface area contributed by atoms with E-state index in [1.807, 2.05) is 20.8 Å². The summed E-state index contributed by atoms with van der Waals surface area (Å²) in [4.78, 5) is 4.58. The zero-order chi connectivity index (χ0) is 15.2. The van der Waals surface area contributed by atoms with Crippen LogP contribution in [0, 0.1) is 19.8 Å². The van der Waals surface area contributed by atoms with Gasteiger partial charge in [0.2, 0.25) is 0 Å². The van der Waals surface area contributed by atoms with Gasteiger partial charge in [0, 0.05) is 24.6 Å². The fourth-order valence-corrected chi connectivity index (χ4v) is 2.71. The predicted molar refractivity (Wildman–Crippen MR) is 82.1 cm³/mol. The third-order valence-electron chi connectivity index (χ3n) is 4.07. The maximum absolute atomic E-state index is 9.86. The molecule has 1 fully saturated rings. The van der Waals surface area contributed by atoms with Crippen molar-refractivity contribution in [2.45, 2.75) is 52.7 Å². The minimum absolute atomic E-state index is 0.178. The molecule has 0 aliphatic heterocycles. The number of aromatic nitrogens is 1. The van der Waals surface area contributed by atoms with Crippen LogP contribution in [0.4, 0.5) is 0 Å². The Morgan fingerprint density at radius 1 is 1.38 bits per heavy atom. The van der Waals surface area contributed by atoms with Crippen LogP contribution in [0.15, 0.2) is 9.52 Å². The molecule has 0 radical (unpaired) electrons. The third kappa shape index (κ3) is 4.20. The Labute approximate surface area is 126 Å². The lowest BCUT2D eigenvalue weighted by Crippen LogP contribution is -2.41. The molecule has 0 saturated heterocycles. The van der Waals surface area contributed by atoms with Gasteiger partial charge in [0.15, 0.2) is 5.96 Å². The number of aryl methyl sites for hydroxylation is 2. The summed E-state index contributed by atoms with van der Waals surface area (Å²) in [5.41, 5.74) is 1.92. The molecular weight excluding hydrogens is 268 g/mol. The van der Waals surface area contributed by atoms with Gasteiger partial charge in [-0.2, -0.15) is 0 Å². The van der Waals surface area contributed by atoms with E-state index in [1.54, 1.807) is 0 Å². The Hall–Kier alpha value is -1.56. The normalized spacial score (nSPS) is 22.6. The van der Waals surface area contributed by atoms with Gasteiger partial charge in [0.1, 0.15) is 5.76 Å². The van der Waals surface area contributed by atoms with Gasteiger partial charge in [0.05, 0.1) is 18.3 Å². The van der Waals surface area contributed by atoms with Crippen LogP contribution in [0.5, 0.6) is 0 Å². The smallest absolute Gasteiger partial charge is 0.191 e. The Bertz CT molecular complexity index is 465. The first kappa shape index (κ1) is 15.8. The van der Waals surface area contributed by atoms with Crippen LogP contribution in [0.1, 0.15) is 43.2 Å². The van der Waals surface area contributed by atoms with E-state index in [-0.39, 0.29) is 6.10 Å². The van der Waals surface area contributed by atoms with Crippen LogP contribution in [0.25, 0.3) is 0 Å². The zero-order valence-electron chi connectivity index (χ0n) is 13.1. The fourth-order valence-electron chi connectivity index (χ4n) is 2.71. The minimum Gasteiger partial charge on any atom is -0.393 e. The molecule has 1 saturated carbocycles. The molecule has 21 heavy (non-hydrogen) atoms. The van der Waals surface area contributed by atoms with Crippen molar-refractivity contribution in [1.82, 2.24) is 15.8 Å². The van der Waals surface area contributed by atoms with Gasteiger partial charge in [-0.25, -0.2) is 4.99 Å². The molecule has 0 amide bonds. The number of hydrogen-bond donors (Lipinski definition) is 3. The summed E-state index contributed by atoms with van der Waals surface area (Å²) in [5.74, 6) is 1.92. The average Bonchev–Trinajstić information content (AvgIpc) is 3.00. The molecule has 2 unspecified atom stereocenters. The van der Waals surface area contributed by atoms with Crippen LogP contribution < -0.4 is 10.6 Å². The van der Waals surface area contributed by atoms with E-state index in [1.165, 1.54) is 0 Å². The molecule has 1 aliphatic rings. The monoisotopic (exact) mass is 294 g/mol. The zero-order valence-corrected chi connectivity index (χ0v) is 13.1. The largest absolute Gasteiger partial charge is 0.393 e. The molecule has 2 atom stereocenters. The van der Waals surface area contributed by atoms with E-state index in [0.29, 0.717) is 12.5 Å². The highest BCUT2D eigenvalue weighted by atomic mass is 16.5. The Morgan fingerprint density at radius 3 is 2.76 bits per heavy atom. The van der Waals surface area contributed by atoms with Crippen molar-refractivity contribution in [3.8, 4) is 0 Å². The molecule has 0 bridgehead atoms. The first-order chi connectivity index (χ1) is 10.1. The van der Waals surface area contributed by atoms with Crippen molar-refractivity contribution in [2.24, 2.45) is 10.9 Å². The highest BCUT2D eigenvalue weighted by Gasteiger charge is 2.25. The molecule has 6 heteroatoms. The molecule has 0 aromatic carbocycles. The Morgan fingerprint density at radius 2 is 2.19 bits per heavy atom. The van der Waals surface area contributed by atoms with E-state index in [0.717, 1.165) is 55.3 Å². The lowest BCUT2D eigenvalue weighted by Gasteiger charge is -2.17. The maximum Gasteiger partial charge on any atom is 0.191 e. The van der Waals surface area contributed by atoms with Crippen molar-refractivity contribution < 1.29 is 9.63 Å². The summed E-state index contributed by atoms with van der Waals surface area (Å²) in [6.45, 7) is 7.98. The van der Waals surface area contributed by atoms with Crippen molar-refractivity contribution >= 4 is 5.96 Å². The Balaban J connectivity index is 1.92. The van der Waals surface area contributed by atoms with E-state index in [2.05, 4.69) is 20.8 Å². The van der Waals surface area contributed by atoms with Crippen LogP contribution in [0.3, 0.4) is 0 Å². The number of hydrogen-bond acceptors (Lipinski definition) is 4. The first-order valence-electron chi connectivity index (χ1n) is 7.73. The van der Waals surface area contributed by atoms with Gasteiger partial charge in [0.25, 0.3) is 0 Å². The topological polar surface area (TPSA) is 82.7 Å². The van der Waals surface area contributed by atoms with Gasteiger partial charge >= 0.3 is 0 Å². The molecule has 1 aromatic heterocycles. The quantitative estimate of drug-likeness (QED) is 0.566. The maximum atomic E-state index is 9.86. The van der Waals surface area contributed by atoms with Crippen LogP contribution in [-0.2, 0) is 6.54 Å². The van der Waals surface area contributed by atoms with Crippen molar-refractivity contribution in [2.75, 3.05) is 13.1 Å². The molecule has 3 N–H and O–H groups in total. The van der Waals surface area contributed by atoms with Gasteiger partial charge in [-0.3, -0.25) is 0 Å². The SMILES string of the molecule is CCNC(=NCc1c(C)noc1C)NCC1CCCC1O. The van der Waals surface area contributed by atoms with E-state index in [4.69, 9.17) is 4.52 Å². The number of guanidine groups is 1. The van der Waals surface area contributed by atoms with Gasteiger partial charge in [-0.1, -0.05) is 11.6 Å². The van der Waals surface area contributed by atoms with E-state index < -0.39 is 0 Å². The molecular formula is C15H26N4O2. The molecule has 1 aliphatic carbocycles. The Kier molecular flexibility index (Phi) is 5.61. The van der Waals surface area contributed by atoms with Gasteiger partial charge in [-0.15, -0.1) is 0 Å². The van der Waals surface area contributed by atoms with E-state index in [9.17, 15) is 5.11 Å². The second-order valence-corrected chi connectivity index (χ2v) is 5.64. The molecule has 0 spiro atoms. The summed E-state index contributed by atoms with van der Waals surface area (Å²) in [6.07, 6.45) is 2.93. The van der Waals surface area contributed by atoms with Gasteiger partial charge < -0.3 is 20.3 Å². The number of aliphatic hydroxyl groups is 1. The number of nitrogens with one attached hydrogen (secondary N) is 2. The van der Waals surface area contributed by atoms with Crippen LogP contribution in [0.2, 0.25) is 0 Å². The standard InChI is InChI=1S/C15H26N4O2/c1-4-16-15(17-8-12-6-5-7-14(12)20)18-9-13-10(2)19-21-11(13)3/h12,14,20H,4-9H2,1-3H3,(H2,16,17,18). The third-order valence-corrected chi connectivity index (χ3v) is 4.07. The summed E-state index contributed by atoms with van der Waals surface area (Å²) in [7, 11) is 0. The minimum atomic E-state index is -0.178. The molecule has 2 rings (SSSR count). The molecule has 1 aromatic rings. The number of aliphatic hydroxyl groups excluding tert-OH is 1. The van der Waals surface area contributed by atoms with Crippen LogP contribution in [-0.4, -0.2) is 35.4 Å². The fraction of sp³-hybridized carbons (Fsp3) is 0.733. The second-order valence-electron chi connectivity index (χ2n) is 5.64. The molecule has 118 valence electrons. The lowest BCUT2D eigenvalue weighted by molar-refractivity contribution is 0.134. The number of nitrogens with zero attached hydrogens (tertiary/aromatic N) is 2. The number of rotatable bonds is 5. The average molecular weight is 294 g/mol. The van der Waals surface area contributed by atoms with Crippen molar-refractivity contribution in [3.63, 3.8) is 0 Å². The lowest BCUT2D eigenvalue weighted by atomic mass is 10.1. The summed E-state index contributed by atoms with van der Waals surface area (Å²) >= 11 is 0. The summed E-state index contributed by atoms with van der Waals surface area (Å²) in [5, 5.41) is 20.4. The van der Waals surface area contributed by atoms with E-state index >= 15 is 0 Å². The first-order valence-corrected chi connectivity index (χ1v) is 7.73. The summed E-state index contributed by atoms with van der Waals surface area (Å²) in [6, 6.07) is 0. The molecule has 6 nitrogen and oxygen atoms in total. The second kappa shape index (κ2) is 7.45. The molecule has 1 heterocycles. The summed E-state index contributed by atoms with van der Waals surface area (Å²) < 4.78 is 5.15. The highest BCUT2D eigenvalue weighted by Crippen LogP contribution is 2.24. The van der Waals surface area contributed by atoms with Gasteiger partial charge in [-0.05, 0) is 33.6 Å². The number of aliphatic imine (C=N–C) groups is 1. The highest BCUT2D eigenvalue weighted by molar-refractivity contribution is 5.79. The van der Waals surface area contributed by atoms with Crippen molar-refractivity contribution in [3.05, 3.63) is 17.0 Å².